The van der Waals surface area contributed by atoms with Crippen molar-refractivity contribution in [3.63, 3.8) is 0 Å². The maximum Gasteiger partial charge on any atom is 0.306 e. The van der Waals surface area contributed by atoms with E-state index in [2.05, 4.69) is 38.2 Å². The second-order valence-corrected chi connectivity index (χ2v) is 14.6. The van der Waals surface area contributed by atoms with Gasteiger partial charge in [-0.05, 0) is 64.7 Å². The van der Waals surface area contributed by atoms with Gasteiger partial charge in [0.25, 0.3) is 0 Å². The number of carboxylic acids is 1. The summed E-state index contributed by atoms with van der Waals surface area (Å²) in [5, 5.41) is 8.65. The van der Waals surface area contributed by atoms with Gasteiger partial charge in [0.15, 0.2) is 0 Å². The quantitative estimate of drug-likeness (QED) is 0.0400. The minimum absolute atomic E-state index is 0.00314. The summed E-state index contributed by atoms with van der Waals surface area (Å²) >= 11 is 0. The van der Waals surface area contributed by atoms with Crippen LogP contribution in [0.1, 0.15) is 239 Å². The molecule has 0 spiro atoms. The van der Waals surface area contributed by atoms with E-state index in [0.717, 1.165) is 38.5 Å². The van der Waals surface area contributed by atoms with Gasteiger partial charge in [-0.3, -0.25) is 9.59 Å². The van der Waals surface area contributed by atoms with Gasteiger partial charge in [0, 0.05) is 12.8 Å². The van der Waals surface area contributed by atoms with Crippen LogP contribution in [0.3, 0.4) is 0 Å². The van der Waals surface area contributed by atoms with E-state index in [9.17, 15) is 9.59 Å². The Morgan fingerprint density at radius 3 is 1.25 bits per heavy atom. The smallest absolute Gasteiger partial charge is 0.306 e. The molecule has 0 bridgehead atoms. The first kappa shape index (κ1) is 46.4. The summed E-state index contributed by atoms with van der Waals surface area (Å²) in [5.74, 6) is -0.657. The lowest BCUT2D eigenvalue weighted by molar-refractivity contribution is -0.148. The van der Waals surface area contributed by atoms with Crippen LogP contribution in [-0.4, -0.2) is 23.1 Å². The molecule has 0 aliphatic carbocycles. The third-order valence-electron chi connectivity index (χ3n) is 9.67. The molecule has 282 valence electrons. The fourth-order valence-electron chi connectivity index (χ4n) is 6.49. The lowest BCUT2D eigenvalue weighted by Gasteiger charge is -2.13. The van der Waals surface area contributed by atoms with Gasteiger partial charge < -0.3 is 9.84 Å². The van der Waals surface area contributed by atoms with Crippen molar-refractivity contribution in [3.8, 4) is 0 Å². The number of aliphatic carboxylic acids is 1. The van der Waals surface area contributed by atoms with Gasteiger partial charge in [-0.15, -0.1) is 0 Å². The highest BCUT2D eigenvalue weighted by Crippen LogP contribution is 2.16. The zero-order valence-electron chi connectivity index (χ0n) is 32.3. The number of unbranched alkanes of at least 4 members (excludes halogenated alkanes) is 28. The molecule has 4 heteroatoms. The number of carbonyl (C=O) groups is 2. The summed E-state index contributed by atoms with van der Waals surface area (Å²) in [6.45, 7) is 4.32. The van der Waals surface area contributed by atoms with Crippen LogP contribution in [0.4, 0.5) is 0 Å². The third-order valence-corrected chi connectivity index (χ3v) is 9.67. The molecule has 0 aromatic heterocycles. The summed E-state index contributed by atoms with van der Waals surface area (Å²) in [6, 6.07) is 0. The van der Waals surface area contributed by atoms with Crippen molar-refractivity contribution >= 4 is 11.9 Å². The van der Waals surface area contributed by atoms with Crippen molar-refractivity contribution in [1.82, 2.24) is 0 Å². The molecule has 1 N–H and O–H groups in total. The fourth-order valence-corrected chi connectivity index (χ4v) is 6.49. The van der Waals surface area contributed by atoms with Crippen molar-refractivity contribution in [2.75, 3.05) is 0 Å². The first-order chi connectivity index (χ1) is 23.6. The Morgan fingerprint density at radius 1 is 0.479 bits per heavy atom. The average molecular weight is 675 g/mol. The Bertz CT molecular complexity index is 727. The van der Waals surface area contributed by atoms with E-state index in [1.165, 1.54) is 173 Å². The Kier molecular flexibility index (Phi) is 38.5. The molecular weight excluding hydrogens is 592 g/mol. The first-order valence-electron chi connectivity index (χ1n) is 21.3. The molecule has 0 fully saturated rings. The molecule has 1 unspecified atom stereocenters. The van der Waals surface area contributed by atoms with Gasteiger partial charge in [0.2, 0.25) is 0 Å². The number of ether oxygens (including phenoxy) is 1. The Morgan fingerprint density at radius 2 is 0.833 bits per heavy atom. The second-order valence-electron chi connectivity index (χ2n) is 14.6. The van der Waals surface area contributed by atoms with Gasteiger partial charge in [0.05, 0.1) is 6.10 Å². The second kappa shape index (κ2) is 39.9. The monoisotopic (exact) mass is 675 g/mol. The van der Waals surface area contributed by atoms with Crippen LogP contribution in [0.5, 0.6) is 0 Å². The van der Waals surface area contributed by atoms with Crippen molar-refractivity contribution in [2.45, 2.75) is 245 Å². The molecule has 0 aromatic rings. The van der Waals surface area contributed by atoms with Crippen LogP contribution in [0.15, 0.2) is 24.3 Å². The molecular formula is C44H82O4. The van der Waals surface area contributed by atoms with Crippen molar-refractivity contribution < 1.29 is 19.4 Å². The minimum atomic E-state index is -0.660. The van der Waals surface area contributed by atoms with E-state index in [-0.39, 0.29) is 12.1 Å². The van der Waals surface area contributed by atoms with Crippen molar-refractivity contribution in [2.24, 2.45) is 0 Å². The number of carboxylic acid groups (broad SMARTS) is 1. The highest BCUT2D eigenvalue weighted by Gasteiger charge is 2.09. The summed E-state index contributed by atoms with van der Waals surface area (Å²) in [4.78, 5) is 22.7. The summed E-state index contributed by atoms with van der Waals surface area (Å²) < 4.78 is 5.66. The Labute approximate surface area is 299 Å². The van der Waals surface area contributed by atoms with E-state index in [1.54, 1.807) is 0 Å². The molecule has 48 heavy (non-hydrogen) atoms. The predicted octanol–water partition coefficient (Wildman–Crippen LogP) is 14.8. The molecule has 0 saturated heterocycles. The van der Waals surface area contributed by atoms with Gasteiger partial charge in [-0.1, -0.05) is 185 Å². The fraction of sp³-hybridized carbons (Fsp3) is 0.864. The predicted molar refractivity (Wildman–Crippen MR) is 209 cm³/mol. The normalized spacial score (nSPS) is 12.4. The van der Waals surface area contributed by atoms with Crippen LogP contribution < -0.4 is 0 Å². The average Bonchev–Trinajstić information content (AvgIpc) is 3.06. The Balaban J connectivity index is 3.30. The molecule has 1 atom stereocenters. The van der Waals surface area contributed by atoms with E-state index < -0.39 is 5.97 Å². The summed E-state index contributed by atoms with van der Waals surface area (Å²) in [7, 11) is 0. The SMILES string of the molecule is CCCCC/C=C\C/C=C\CCCCCCCCCC(=O)OC(C)CCCCCCCCCCCCCCCCCCCCCC(=O)O. The highest BCUT2D eigenvalue weighted by molar-refractivity contribution is 5.69. The third kappa shape index (κ3) is 40.6. The van der Waals surface area contributed by atoms with Gasteiger partial charge >= 0.3 is 11.9 Å². The summed E-state index contributed by atoms with van der Waals surface area (Å²) in [5.41, 5.74) is 0. The maximum absolute atomic E-state index is 12.2. The molecule has 0 aromatic carbocycles. The number of rotatable bonds is 39. The molecule has 0 heterocycles. The molecule has 0 aliphatic heterocycles. The van der Waals surface area contributed by atoms with E-state index in [0.29, 0.717) is 12.8 Å². The Hall–Kier alpha value is -1.58. The molecule has 4 nitrogen and oxygen atoms in total. The zero-order chi connectivity index (χ0) is 35.0. The molecule has 0 aliphatic rings. The number of hydrogen-bond acceptors (Lipinski definition) is 3. The lowest BCUT2D eigenvalue weighted by atomic mass is 10.0. The van der Waals surface area contributed by atoms with E-state index >= 15 is 0 Å². The largest absolute Gasteiger partial charge is 0.481 e. The van der Waals surface area contributed by atoms with Crippen LogP contribution >= 0.6 is 0 Å². The first-order valence-corrected chi connectivity index (χ1v) is 21.3. The van der Waals surface area contributed by atoms with Crippen molar-refractivity contribution in [1.29, 1.82) is 0 Å². The summed E-state index contributed by atoms with van der Waals surface area (Å²) in [6.07, 6.45) is 52.0. The maximum atomic E-state index is 12.2. The van der Waals surface area contributed by atoms with Gasteiger partial charge in [-0.2, -0.15) is 0 Å². The van der Waals surface area contributed by atoms with Crippen LogP contribution in [0.25, 0.3) is 0 Å². The molecule has 0 amide bonds. The van der Waals surface area contributed by atoms with Crippen LogP contribution in [0, 0.1) is 0 Å². The number of carbonyl (C=O) groups excluding carboxylic acids is 1. The van der Waals surface area contributed by atoms with Crippen LogP contribution in [-0.2, 0) is 14.3 Å². The number of esters is 1. The van der Waals surface area contributed by atoms with Crippen molar-refractivity contribution in [3.05, 3.63) is 24.3 Å². The topological polar surface area (TPSA) is 63.6 Å². The zero-order valence-corrected chi connectivity index (χ0v) is 32.3. The van der Waals surface area contributed by atoms with E-state index in [4.69, 9.17) is 9.84 Å². The minimum Gasteiger partial charge on any atom is -0.481 e. The molecule has 0 radical (unpaired) electrons. The highest BCUT2D eigenvalue weighted by atomic mass is 16.5. The standard InChI is InChI=1S/C44H82O4/c1-3-4-5-6-7-8-9-10-11-15-20-23-26-29-32-35-38-41-44(47)48-42(2)39-36-33-30-27-24-21-18-16-13-12-14-17-19-22-25-28-31-34-37-40-43(45)46/h7-8,10-11,42H,3-6,9,12-41H2,1-2H3,(H,45,46)/b8-7-,11-10-. The lowest BCUT2D eigenvalue weighted by Crippen LogP contribution is -2.14. The van der Waals surface area contributed by atoms with Gasteiger partial charge in [0.1, 0.15) is 0 Å². The van der Waals surface area contributed by atoms with E-state index in [1.807, 2.05) is 0 Å². The molecule has 0 rings (SSSR count). The van der Waals surface area contributed by atoms with Crippen LogP contribution in [0.2, 0.25) is 0 Å². The number of allylic oxidation sites excluding steroid dienone is 4. The van der Waals surface area contributed by atoms with Gasteiger partial charge in [-0.25, -0.2) is 0 Å². The molecule has 0 saturated carbocycles. The number of hydrogen-bond donors (Lipinski definition) is 1.